The molecule has 0 spiro atoms. The maximum absolute atomic E-state index is 9.85. The molecule has 18 heavy (non-hydrogen) atoms. The van der Waals surface area contributed by atoms with Gasteiger partial charge in [-0.3, -0.25) is 0 Å². The lowest BCUT2D eigenvalue weighted by atomic mass is 10.2. The smallest absolute Gasteiger partial charge is 0.240 e. The molecule has 3 rings (SSSR count). The number of thioether (sulfide) groups is 1. The van der Waals surface area contributed by atoms with Crippen LogP contribution < -0.4 is 0 Å². The van der Waals surface area contributed by atoms with Crippen LogP contribution in [0, 0.1) is 0 Å². The minimum Gasteiger partial charge on any atom is -0.492 e. The van der Waals surface area contributed by atoms with Gasteiger partial charge in [0.25, 0.3) is 0 Å². The minimum atomic E-state index is -0.00784. The third-order valence-electron chi connectivity index (χ3n) is 2.71. The number of fused-ring (bicyclic) bond motifs is 1. The first-order valence-corrected chi connectivity index (χ1v) is 6.69. The van der Waals surface area contributed by atoms with Gasteiger partial charge in [0, 0.05) is 5.69 Å². The van der Waals surface area contributed by atoms with Gasteiger partial charge in [-0.1, -0.05) is 42.1 Å². The molecular formula is C13H11N3OS. The van der Waals surface area contributed by atoms with Gasteiger partial charge in [-0.05, 0) is 17.9 Å². The Bertz CT molecular complexity index is 694. The number of H-pyrrole nitrogens is 1. The van der Waals surface area contributed by atoms with E-state index in [-0.39, 0.29) is 5.88 Å². The van der Waals surface area contributed by atoms with Crippen molar-refractivity contribution in [2.24, 2.45) is 0 Å². The molecule has 4 nitrogen and oxygen atoms in total. The van der Waals surface area contributed by atoms with E-state index in [0.717, 1.165) is 16.8 Å². The zero-order chi connectivity index (χ0) is 12.5. The fourth-order valence-electron chi connectivity index (χ4n) is 1.84. The molecule has 3 aromatic rings. The third-order valence-corrected chi connectivity index (χ3v) is 3.25. The van der Waals surface area contributed by atoms with E-state index in [0.29, 0.717) is 10.7 Å². The molecular weight excluding hydrogens is 246 g/mol. The largest absolute Gasteiger partial charge is 0.492 e. The van der Waals surface area contributed by atoms with Gasteiger partial charge in [-0.25, -0.2) is 4.98 Å². The van der Waals surface area contributed by atoms with Crippen molar-refractivity contribution in [2.75, 3.05) is 6.26 Å². The zero-order valence-electron chi connectivity index (χ0n) is 9.71. The van der Waals surface area contributed by atoms with Crippen molar-refractivity contribution in [2.45, 2.75) is 5.16 Å². The van der Waals surface area contributed by atoms with Crippen LogP contribution in [-0.4, -0.2) is 26.3 Å². The van der Waals surface area contributed by atoms with Gasteiger partial charge in [0.15, 0.2) is 5.16 Å². The van der Waals surface area contributed by atoms with Gasteiger partial charge in [-0.2, -0.15) is 4.98 Å². The quantitative estimate of drug-likeness (QED) is 0.547. The molecule has 5 heteroatoms. The molecule has 0 radical (unpaired) electrons. The summed E-state index contributed by atoms with van der Waals surface area (Å²) in [6.45, 7) is 0. The van der Waals surface area contributed by atoms with Crippen LogP contribution in [0.15, 0.2) is 41.6 Å². The molecule has 0 fully saturated rings. The minimum absolute atomic E-state index is 0.00784. The number of aromatic hydroxyl groups is 1. The first-order valence-electron chi connectivity index (χ1n) is 5.47. The Morgan fingerprint density at radius 1 is 1.17 bits per heavy atom. The van der Waals surface area contributed by atoms with Gasteiger partial charge in [0.2, 0.25) is 5.88 Å². The molecule has 0 saturated heterocycles. The highest BCUT2D eigenvalue weighted by atomic mass is 32.2. The summed E-state index contributed by atoms with van der Waals surface area (Å²) in [6, 6.07) is 11.8. The summed E-state index contributed by atoms with van der Waals surface area (Å²) in [5, 5.41) is 10.4. The molecule has 0 atom stereocenters. The first kappa shape index (κ1) is 11.1. The number of hydrogen-bond donors (Lipinski definition) is 2. The van der Waals surface area contributed by atoms with Crippen molar-refractivity contribution in [3.63, 3.8) is 0 Å². The van der Waals surface area contributed by atoms with Crippen molar-refractivity contribution >= 4 is 22.8 Å². The van der Waals surface area contributed by atoms with Crippen LogP contribution in [0.3, 0.4) is 0 Å². The van der Waals surface area contributed by atoms with E-state index < -0.39 is 0 Å². The van der Waals surface area contributed by atoms with E-state index in [9.17, 15) is 5.11 Å². The molecule has 2 N–H and O–H groups in total. The summed E-state index contributed by atoms with van der Waals surface area (Å²) < 4.78 is 0. The number of hydrogen-bond acceptors (Lipinski definition) is 4. The van der Waals surface area contributed by atoms with E-state index in [1.54, 1.807) is 0 Å². The Labute approximate surface area is 108 Å². The van der Waals surface area contributed by atoms with Crippen molar-refractivity contribution in [3.8, 4) is 17.1 Å². The first-order chi connectivity index (χ1) is 8.78. The van der Waals surface area contributed by atoms with Crippen LogP contribution in [0.5, 0.6) is 5.88 Å². The molecule has 0 unspecified atom stereocenters. The second-order valence-corrected chi connectivity index (χ2v) is 4.62. The predicted molar refractivity (Wildman–Crippen MR) is 72.8 cm³/mol. The standard InChI is InChI=1S/C13H11N3OS/c1-18-13-15-10-7-9(8-5-3-2-4-6-8)14-11(10)12(17)16-13/h2-7,14H,1H3,(H,15,16,17). The Morgan fingerprint density at radius 3 is 2.67 bits per heavy atom. The average Bonchev–Trinajstić information content (AvgIpc) is 2.84. The average molecular weight is 257 g/mol. The molecule has 0 saturated carbocycles. The Kier molecular flexibility index (Phi) is 2.68. The Balaban J connectivity index is 2.20. The van der Waals surface area contributed by atoms with Gasteiger partial charge in [-0.15, -0.1) is 0 Å². The van der Waals surface area contributed by atoms with E-state index in [1.165, 1.54) is 11.8 Å². The molecule has 0 aliphatic heterocycles. The summed E-state index contributed by atoms with van der Waals surface area (Å²) in [4.78, 5) is 11.5. The second kappa shape index (κ2) is 4.34. The number of aromatic nitrogens is 3. The van der Waals surface area contributed by atoms with Crippen LogP contribution >= 0.6 is 11.8 Å². The summed E-state index contributed by atoms with van der Waals surface area (Å²) in [5.74, 6) is -0.00784. The highest BCUT2D eigenvalue weighted by molar-refractivity contribution is 7.98. The lowest BCUT2D eigenvalue weighted by Gasteiger charge is -1.97. The highest BCUT2D eigenvalue weighted by Gasteiger charge is 2.10. The fourth-order valence-corrected chi connectivity index (χ4v) is 2.21. The highest BCUT2D eigenvalue weighted by Crippen LogP contribution is 2.28. The number of nitrogens with zero attached hydrogens (tertiary/aromatic N) is 2. The third kappa shape index (κ3) is 1.82. The number of aromatic amines is 1. The van der Waals surface area contributed by atoms with Crippen LogP contribution in [0.2, 0.25) is 0 Å². The van der Waals surface area contributed by atoms with Crippen LogP contribution in [-0.2, 0) is 0 Å². The lowest BCUT2D eigenvalue weighted by molar-refractivity contribution is 0.452. The van der Waals surface area contributed by atoms with Crippen molar-refractivity contribution in [1.29, 1.82) is 0 Å². The maximum atomic E-state index is 9.85. The number of rotatable bonds is 2. The predicted octanol–water partition coefficient (Wildman–Crippen LogP) is 3.05. The van der Waals surface area contributed by atoms with E-state index in [1.807, 2.05) is 42.7 Å². The van der Waals surface area contributed by atoms with Gasteiger partial charge in [0.1, 0.15) is 5.52 Å². The molecule has 90 valence electrons. The summed E-state index contributed by atoms with van der Waals surface area (Å²) in [5.41, 5.74) is 3.28. The lowest BCUT2D eigenvalue weighted by Crippen LogP contribution is -1.86. The monoisotopic (exact) mass is 257 g/mol. The number of benzene rings is 1. The topological polar surface area (TPSA) is 61.8 Å². The normalized spacial score (nSPS) is 10.9. The summed E-state index contributed by atoms with van der Waals surface area (Å²) in [6.07, 6.45) is 1.88. The van der Waals surface area contributed by atoms with Gasteiger partial charge < -0.3 is 10.1 Å². The molecule has 0 bridgehead atoms. The van der Waals surface area contributed by atoms with Crippen molar-refractivity contribution < 1.29 is 5.11 Å². The molecule has 2 heterocycles. The molecule has 1 aromatic carbocycles. The Morgan fingerprint density at radius 2 is 1.94 bits per heavy atom. The van der Waals surface area contributed by atoms with Gasteiger partial charge in [0.05, 0.1) is 5.52 Å². The van der Waals surface area contributed by atoms with Crippen molar-refractivity contribution in [3.05, 3.63) is 36.4 Å². The van der Waals surface area contributed by atoms with Crippen LogP contribution in [0.4, 0.5) is 0 Å². The molecule has 2 aromatic heterocycles. The second-order valence-electron chi connectivity index (χ2n) is 3.84. The number of nitrogens with one attached hydrogen (secondary N) is 1. The van der Waals surface area contributed by atoms with E-state index >= 15 is 0 Å². The molecule has 0 aliphatic rings. The van der Waals surface area contributed by atoms with E-state index in [2.05, 4.69) is 15.0 Å². The molecule has 0 aliphatic carbocycles. The van der Waals surface area contributed by atoms with Crippen molar-refractivity contribution in [1.82, 2.24) is 15.0 Å². The summed E-state index contributed by atoms with van der Waals surface area (Å²) >= 11 is 1.41. The SMILES string of the molecule is CSc1nc(O)c2[nH]c(-c3ccccc3)cc2n1. The maximum Gasteiger partial charge on any atom is 0.240 e. The van der Waals surface area contributed by atoms with E-state index in [4.69, 9.17) is 0 Å². The molecule has 0 amide bonds. The summed E-state index contributed by atoms with van der Waals surface area (Å²) in [7, 11) is 0. The van der Waals surface area contributed by atoms with Gasteiger partial charge >= 0.3 is 0 Å². The van der Waals surface area contributed by atoms with Crippen LogP contribution in [0.25, 0.3) is 22.3 Å². The fraction of sp³-hybridized carbons (Fsp3) is 0.0769. The zero-order valence-corrected chi connectivity index (χ0v) is 10.5. The van der Waals surface area contributed by atoms with Crippen LogP contribution in [0.1, 0.15) is 0 Å². The Hall–Kier alpha value is -2.01.